The van der Waals surface area contributed by atoms with Gasteiger partial charge in [-0.1, -0.05) is 41.9 Å². The molecule has 0 saturated heterocycles. The number of hydrogen-bond donors (Lipinski definition) is 1. The lowest BCUT2D eigenvalue weighted by molar-refractivity contribution is -0.142. The number of pyridine rings is 1. The molecule has 0 spiro atoms. The van der Waals surface area contributed by atoms with Gasteiger partial charge in [0.05, 0.1) is 5.02 Å². The molecule has 6 heteroatoms. The van der Waals surface area contributed by atoms with Crippen LogP contribution in [0.2, 0.25) is 5.02 Å². The van der Waals surface area contributed by atoms with Crippen LogP contribution in [0.5, 0.6) is 0 Å². The standard InChI is InChI=1S/C16H13ClN2O3/c17-13-7-8-14(18-10-13)19-15(20)11-22-16(21)9-6-12-4-2-1-3-5-12/h1-10H,11H2,(H,18,19,20). The van der Waals surface area contributed by atoms with Gasteiger partial charge < -0.3 is 10.1 Å². The Bertz CT molecular complexity index is 670. The van der Waals surface area contributed by atoms with Crippen molar-refractivity contribution in [1.82, 2.24) is 4.98 Å². The third-order valence-electron chi connectivity index (χ3n) is 2.55. The zero-order valence-corrected chi connectivity index (χ0v) is 12.3. The molecule has 0 aliphatic carbocycles. The summed E-state index contributed by atoms with van der Waals surface area (Å²) in [6, 6.07) is 12.4. The molecular weight excluding hydrogens is 304 g/mol. The van der Waals surface area contributed by atoms with Gasteiger partial charge in [-0.3, -0.25) is 4.79 Å². The minimum atomic E-state index is -0.594. The smallest absolute Gasteiger partial charge is 0.331 e. The summed E-state index contributed by atoms with van der Waals surface area (Å²) in [6.07, 6.45) is 4.29. The molecule has 2 aromatic rings. The number of benzene rings is 1. The van der Waals surface area contributed by atoms with Gasteiger partial charge in [-0.05, 0) is 23.8 Å². The molecule has 5 nitrogen and oxygen atoms in total. The zero-order valence-electron chi connectivity index (χ0n) is 11.5. The summed E-state index contributed by atoms with van der Waals surface area (Å²) >= 11 is 5.68. The highest BCUT2D eigenvalue weighted by atomic mass is 35.5. The van der Waals surface area contributed by atoms with Gasteiger partial charge in [0.25, 0.3) is 5.91 Å². The number of carbonyl (C=O) groups is 2. The van der Waals surface area contributed by atoms with Crippen LogP contribution in [0.1, 0.15) is 5.56 Å². The van der Waals surface area contributed by atoms with Crippen molar-refractivity contribution in [3.05, 3.63) is 65.3 Å². The first-order valence-corrected chi connectivity index (χ1v) is 6.82. The predicted octanol–water partition coefficient (Wildman–Crippen LogP) is 2.93. The Balaban J connectivity index is 1.77. The summed E-state index contributed by atoms with van der Waals surface area (Å²) in [5.41, 5.74) is 0.870. The van der Waals surface area contributed by atoms with Gasteiger partial charge in [0, 0.05) is 12.3 Å². The molecule has 2 rings (SSSR count). The van der Waals surface area contributed by atoms with Crippen LogP contribution < -0.4 is 5.32 Å². The van der Waals surface area contributed by atoms with Crippen LogP contribution >= 0.6 is 11.6 Å². The van der Waals surface area contributed by atoms with E-state index in [0.717, 1.165) is 5.56 Å². The van der Waals surface area contributed by atoms with Crippen LogP contribution in [-0.4, -0.2) is 23.5 Å². The van der Waals surface area contributed by atoms with Crippen molar-refractivity contribution in [2.45, 2.75) is 0 Å². The second-order valence-corrected chi connectivity index (χ2v) is 4.70. The van der Waals surface area contributed by atoms with E-state index >= 15 is 0 Å². The van der Waals surface area contributed by atoms with Crippen LogP contribution in [-0.2, 0) is 14.3 Å². The summed E-state index contributed by atoms with van der Waals surface area (Å²) in [5.74, 6) is -0.732. The van der Waals surface area contributed by atoms with Crippen LogP contribution in [0.4, 0.5) is 5.82 Å². The fourth-order valence-electron chi connectivity index (χ4n) is 1.54. The topological polar surface area (TPSA) is 68.3 Å². The van der Waals surface area contributed by atoms with Gasteiger partial charge in [0.15, 0.2) is 6.61 Å². The maximum absolute atomic E-state index is 11.6. The quantitative estimate of drug-likeness (QED) is 0.680. The first kappa shape index (κ1) is 15.7. The number of rotatable bonds is 5. The molecule has 0 aliphatic rings. The highest BCUT2D eigenvalue weighted by Gasteiger charge is 2.06. The van der Waals surface area contributed by atoms with E-state index in [1.165, 1.54) is 12.3 Å². The maximum atomic E-state index is 11.6. The summed E-state index contributed by atoms with van der Waals surface area (Å²) < 4.78 is 4.83. The molecule has 1 amide bonds. The average Bonchev–Trinajstić information content (AvgIpc) is 2.54. The fraction of sp³-hybridized carbons (Fsp3) is 0.0625. The van der Waals surface area contributed by atoms with Gasteiger partial charge >= 0.3 is 5.97 Å². The molecule has 0 radical (unpaired) electrons. The van der Waals surface area contributed by atoms with Gasteiger partial charge in [0.2, 0.25) is 0 Å². The van der Waals surface area contributed by atoms with Crippen molar-refractivity contribution in [2.24, 2.45) is 0 Å². The SMILES string of the molecule is O=C(COC(=O)C=Cc1ccccc1)Nc1ccc(Cl)cn1. The van der Waals surface area contributed by atoms with Gasteiger partial charge in [-0.2, -0.15) is 0 Å². The monoisotopic (exact) mass is 316 g/mol. The lowest BCUT2D eigenvalue weighted by Crippen LogP contribution is -2.20. The predicted molar refractivity (Wildman–Crippen MR) is 84.3 cm³/mol. The van der Waals surface area contributed by atoms with E-state index < -0.39 is 11.9 Å². The Kier molecular flexibility index (Phi) is 5.68. The lowest BCUT2D eigenvalue weighted by Gasteiger charge is -2.04. The molecule has 0 aliphatic heterocycles. The van der Waals surface area contributed by atoms with E-state index in [1.54, 1.807) is 18.2 Å². The molecule has 112 valence electrons. The molecule has 0 fully saturated rings. The number of anilines is 1. The van der Waals surface area contributed by atoms with Crippen molar-refractivity contribution >= 4 is 35.4 Å². The summed E-state index contributed by atoms with van der Waals surface area (Å²) in [6.45, 7) is -0.387. The zero-order chi connectivity index (χ0) is 15.8. The Labute approximate surface area is 132 Å². The number of amides is 1. The summed E-state index contributed by atoms with van der Waals surface area (Å²) in [4.78, 5) is 27.0. The van der Waals surface area contributed by atoms with E-state index in [9.17, 15) is 9.59 Å². The van der Waals surface area contributed by atoms with E-state index in [2.05, 4.69) is 10.3 Å². The number of nitrogens with one attached hydrogen (secondary N) is 1. The van der Waals surface area contributed by atoms with Crippen molar-refractivity contribution in [3.63, 3.8) is 0 Å². The molecule has 1 aromatic carbocycles. The number of hydrogen-bond acceptors (Lipinski definition) is 4. The highest BCUT2D eigenvalue weighted by molar-refractivity contribution is 6.30. The number of carbonyl (C=O) groups excluding carboxylic acids is 2. The van der Waals surface area contributed by atoms with Crippen LogP contribution in [0.25, 0.3) is 6.08 Å². The first-order chi connectivity index (χ1) is 10.6. The molecule has 0 atom stereocenters. The van der Waals surface area contributed by atoms with E-state index in [4.69, 9.17) is 16.3 Å². The lowest BCUT2D eigenvalue weighted by atomic mass is 10.2. The summed E-state index contributed by atoms with van der Waals surface area (Å²) in [5, 5.41) is 2.96. The van der Waals surface area contributed by atoms with E-state index in [1.807, 2.05) is 30.3 Å². The number of ether oxygens (including phenoxy) is 1. The van der Waals surface area contributed by atoms with E-state index in [0.29, 0.717) is 10.8 Å². The Hall–Kier alpha value is -2.66. The third kappa shape index (κ3) is 5.38. The van der Waals surface area contributed by atoms with Gasteiger partial charge in [0.1, 0.15) is 5.82 Å². The Morgan fingerprint density at radius 1 is 1.18 bits per heavy atom. The fourth-order valence-corrected chi connectivity index (χ4v) is 1.65. The minimum Gasteiger partial charge on any atom is -0.452 e. The van der Waals surface area contributed by atoms with Crippen molar-refractivity contribution in [3.8, 4) is 0 Å². The third-order valence-corrected chi connectivity index (χ3v) is 2.78. The van der Waals surface area contributed by atoms with Crippen LogP contribution in [0, 0.1) is 0 Å². The number of nitrogens with zero attached hydrogens (tertiary/aromatic N) is 1. The molecule has 1 aromatic heterocycles. The molecule has 0 bridgehead atoms. The second-order valence-electron chi connectivity index (χ2n) is 4.26. The minimum absolute atomic E-state index is 0.338. The average molecular weight is 317 g/mol. The largest absolute Gasteiger partial charge is 0.452 e. The van der Waals surface area contributed by atoms with Gasteiger partial charge in [-0.25, -0.2) is 9.78 Å². The normalized spacial score (nSPS) is 10.4. The Morgan fingerprint density at radius 2 is 1.95 bits per heavy atom. The molecular formula is C16H13ClN2O3. The highest BCUT2D eigenvalue weighted by Crippen LogP contribution is 2.09. The summed E-state index contributed by atoms with van der Waals surface area (Å²) in [7, 11) is 0. The van der Waals surface area contributed by atoms with E-state index in [-0.39, 0.29) is 6.61 Å². The first-order valence-electron chi connectivity index (χ1n) is 6.45. The number of halogens is 1. The Morgan fingerprint density at radius 3 is 2.64 bits per heavy atom. The van der Waals surface area contributed by atoms with Crippen LogP contribution in [0.3, 0.4) is 0 Å². The molecule has 0 saturated carbocycles. The molecule has 22 heavy (non-hydrogen) atoms. The van der Waals surface area contributed by atoms with Gasteiger partial charge in [-0.15, -0.1) is 0 Å². The second kappa shape index (κ2) is 7.95. The molecule has 0 unspecified atom stereocenters. The van der Waals surface area contributed by atoms with Crippen molar-refractivity contribution < 1.29 is 14.3 Å². The molecule has 1 heterocycles. The van der Waals surface area contributed by atoms with Crippen molar-refractivity contribution in [2.75, 3.05) is 11.9 Å². The molecule has 1 N–H and O–H groups in total. The maximum Gasteiger partial charge on any atom is 0.331 e. The van der Waals surface area contributed by atoms with Crippen LogP contribution in [0.15, 0.2) is 54.7 Å². The van der Waals surface area contributed by atoms with Crippen molar-refractivity contribution in [1.29, 1.82) is 0 Å². The number of esters is 1. The number of aromatic nitrogens is 1.